The third kappa shape index (κ3) is 7.91. The van der Waals surface area contributed by atoms with Crippen LogP contribution in [0.5, 0.6) is 11.5 Å². The fourth-order valence-electron chi connectivity index (χ4n) is 2.65. The average molecular weight is 522 g/mol. The number of methoxy groups -OCH3 is 1. The van der Waals surface area contributed by atoms with Crippen molar-refractivity contribution in [1.29, 1.82) is 0 Å². The van der Waals surface area contributed by atoms with Gasteiger partial charge in [-0.1, -0.05) is 47.7 Å². The van der Waals surface area contributed by atoms with Gasteiger partial charge >= 0.3 is 12.9 Å². The van der Waals surface area contributed by atoms with Crippen LogP contribution < -0.4 is 9.05 Å². The molecule has 0 aliphatic rings. The van der Waals surface area contributed by atoms with Crippen molar-refractivity contribution in [3.05, 3.63) is 108 Å². The van der Waals surface area contributed by atoms with E-state index in [9.17, 15) is 18.1 Å². The maximum Gasteiger partial charge on any atom is 0.530 e. The maximum atomic E-state index is 13.4. The molecule has 0 amide bonds. The number of hydrogen-bond donors (Lipinski definition) is 0. The van der Waals surface area contributed by atoms with E-state index >= 15 is 0 Å². The normalized spacial score (nSPS) is 10.6. The molecule has 0 atom stereocenters. The van der Waals surface area contributed by atoms with E-state index in [-0.39, 0.29) is 17.8 Å². The average Bonchev–Trinajstić information content (AvgIpc) is 3.31. The minimum atomic E-state index is -3.66. The summed E-state index contributed by atoms with van der Waals surface area (Å²) in [5.41, 5.74) is -0.159. The highest BCUT2D eigenvalue weighted by Crippen LogP contribution is 2.52. The van der Waals surface area contributed by atoms with Crippen LogP contribution in [0.3, 0.4) is 0 Å². The van der Waals surface area contributed by atoms with Gasteiger partial charge in [-0.3, -0.25) is 0 Å². The predicted molar refractivity (Wildman–Crippen MR) is 124 cm³/mol. The number of nitrogens with zero attached hydrogens (tertiary/aromatic N) is 3. The zero-order valence-corrected chi connectivity index (χ0v) is 19.9. The van der Waals surface area contributed by atoms with Crippen LogP contribution in [0.4, 0.5) is 8.78 Å². The molecule has 3 aromatic carbocycles. The van der Waals surface area contributed by atoms with Crippen molar-refractivity contribution in [3.63, 3.8) is 0 Å². The SMILES string of the molecule is COC(=O)c1cn(Cc2c(F)cccc2F)nn1.O=P(Cl)(Oc1ccccc1)Oc1ccccc1. The lowest BCUT2D eigenvalue weighted by atomic mass is 10.2. The number of aromatic nitrogens is 3. The summed E-state index contributed by atoms with van der Waals surface area (Å²) in [4.78, 5) is 11.1. The Morgan fingerprint density at radius 1 is 0.914 bits per heavy atom. The summed E-state index contributed by atoms with van der Waals surface area (Å²) in [5.74, 6) is -1.20. The van der Waals surface area contributed by atoms with Crippen molar-refractivity contribution in [1.82, 2.24) is 15.0 Å². The molecule has 0 saturated carbocycles. The van der Waals surface area contributed by atoms with Gasteiger partial charge in [0.2, 0.25) is 0 Å². The minimum Gasteiger partial charge on any atom is -0.464 e. The number of benzene rings is 3. The van der Waals surface area contributed by atoms with Crippen LogP contribution in [0, 0.1) is 11.6 Å². The van der Waals surface area contributed by atoms with E-state index in [1.54, 1.807) is 48.5 Å². The molecule has 0 radical (unpaired) electrons. The fourth-order valence-corrected chi connectivity index (χ4v) is 3.91. The van der Waals surface area contributed by atoms with E-state index in [2.05, 4.69) is 15.0 Å². The standard InChI is InChI=1S/C12H10ClO3P.C11H9F2N3O2/c13-17(14,15-11-7-3-1-4-8-11)16-12-9-5-2-6-10-12;1-18-11(17)10-6-16(15-14-10)5-7-8(12)3-2-4-9(7)13/h1-10H;2-4,6H,5H2,1H3. The lowest BCUT2D eigenvalue weighted by molar-refractivity contribution is 0.0594. The Balaban J connectivity index is 0.000000196. The van der Waals surface area contributed by atoms with Gasteiger partial charge in [0.25, 0.3) is 0 Å². The molecule has 4 rings (SSSR count). The van der Waals surface area contributed by atoms with Crippen LogP contribution in [-0.2, 0) is 15.8 Å². The van der Waals surface area contributed by atoms with Gasteiger partial charge in [0, 0.05) is 16.8 Å². The minimum absolute atomic E-state index is 0.0192. The molecule has 182 valence electrons. The third-order valence-electron chi connectivity index (χ3n) is 4.23. The highest BCUT2D eigenvalue weighted by molar-refractivity contribution is 7.82. The number of ether oxygens (including phenoxy) is 1. The third-order valence-corrected chi connectivity index (χ3v) is 5.50. The van der Waals surface area contributed by atoms with Crippen molar-refractivity contribution in [2.45, 2.75) is 6.54 Å². The maximum absolute atomic E-state index is 13.4. The Morgan fingerprint density at radius 3 is 1.91 bits per heavy atom. The molecule has 0 fully saturated rings. The first-order chi connectivity index (χ1) is 16.8. The fraction of sp³-hybridized carbons (Fsp3) is 0.0870. The van der Waals surface area contributed by atoms with E-state index in [0.29, 0.717) is 11.5 Å². The van der Waals surface area contributed by atoms with Crippen molar-refractivity contribution >= 4 is 24.2 Å². The van der Waals surface area contributed by atoms with Gasteiger partial charge in [0.05, 0.1) is 19.9 Å². The molecular formula is C23H19ClF2N3O5P. The zero-order chi connectivity index (χ0) is 25.3. The van der Waals surface area contributed by atoms with Gasteiger partial charge in [-0.25, -0.2) is 22.8 Å². The Bertz CT molecular complexity index is 1240. The molecule has 35 heavy (non-hydrogen) atoms. The number of carbonyl (C=O) groups excluding carboxylic acids is 1. The van der Waals surface area contributed by atoms with Crippen molar-refractivity contribution in [2.75, 3.05) is 7.11 Å². The van der Waals surface area contributed by atoms with Crippen molar-refractivity contribution < 1.29 is 31.9 Å². The highest BCUT2D eigenvalue weighted by Gasteiger charge is 2.24. The monoisotopic (exact) mass is 521 g/mol. The summed E-state index contributed by atoms with van der Waals surface area (Å²) in [6.07, 6.45) is 1.26. The zero-order valence-electron chi connectivity index (χ0n) is 18.3. The quantitative estimate of drug-likeness (QED) is 0.221. The Kier molecular flexibility index (Phi) is 8.94. The number of esters is 1. The topological polar surface area (TPSA) is 92.5 Å². The number of rotatable bonds is 7. The molecule has 0 aliphatic carbocycles. The second-order valence-corrected chi connectivity index (χ2v) is 9.20. The summed E-state index contributed by atoms with van der Waals surface area (Å²) in [6.45, 7) is -3.81. The summed E-state index contributed by atoms with van der Waals surface area (Å²) in [6, 6.07) is 20.9. The Morgan fingerprint density at radius 2 is 1.43 bits per heavy atom. The second-order valence-electron chi connectivity index (χ2n) is 6.73. The smallest absolute Gasteiger partial charge is 0.464 e. The molecule has 0 unspecified atom stereocenters. The van der Waals surface area contributed by atoms with Crippen LogP contribution in [-0.4, -0.2) is 28.1 Å². The molecule has 0 bridgehead atoms. The van der Waals surface area contributed by atoms with Gasteiger partial charge in [0.1, 0.15) is 23.1 Å². The predicted octanol–water partition coefficient (Wildman–Crippen LogP) is 5.88. The summed E-state index contributed by atoms with van der Waals surface area (Å²) in [7, 11) is 1.21. The van der Waals surface area contributed by atoms with E-state index in [1.165, 1.54) is 19.4 Å². The number of hydrogen-bond acceptors (Lipinski definition) is 7. The number of carbonyl (C=O) groups is 1. The van der Waals surface area contributed by atoms with Crippen LogP contribution in [0.25, 0.3) is 0 Å². The number of para-hydroxylation sites is 2. The second kappa shape index (κ2) is 12.1. The van der Waals surface area contributed by atoms with E-state index in [0.717, 1.165) is 16.8 Å². The summed E-state index contributed by atoms with van der Waals surface area (Å²) < 4.78 is 54.4. The molecular weight excluding hydrogens is 503 g/mol. The first-order valence-corrected chi connectivity index (χ1v) is 12.4. The van der Waals surface area contributed by atoms with Crippen LogP contribution in [0.2, 0.25) is 0 Å². The van der Waals surface area contributed by atoms with Crippen molar-refractivity contribution in [2.24, 2.45) is 0 Å². The lowest BCUT2D eigenvalue weighted by Gasteiger charge is -2.13. The Hall–Kier alpha value is -3.75. The molecule has 4 aromatic rings. The van der Waals surface area contributed by atoms with Gasteiger partial charge in [-0.2, -0.15) is 0 Å². The van der Waals surface area contributed by atoms with Gasteiger partial charge in [-0.05, 0) is 36.4 Å². The van der Waals surface area contributed by atoms with Crippen LogP contribution in [0.1, 0.15) is 16.1 Å². The number of halogens is 3. The molecule has 0 aliphatic heterocycles. The molecule has 0 spiro atoms. The van der Waals surface area contributed by atoms with E-state index in [4.69, 9.17) is 20.3 Å². The first-order valence-electron chi connectivity index (χ1n) is 9.98. The largest absolute Gasteiger partial charge is 0.530 e. The van der Waals surface area contributed by atoms with Gasteiger partial charge in [0.15, 0.2) is 5.69 Å². The van der Waals surface area contributed by atoms with Crippen LogP contribution >= 0.6 is 18.2 Å². The summed E-state index contributed by atoms with van der Waals surface area (Å²) in [5, 5.41) is 7.13. The lowest BCUT2D eigenvalue weighted by Crippen LogP contribution is -2.05. The molecule has 8 nitrogen and oxygen atoms in total. The first kappa shape index (κ1) is 25.9. The van der Waals surface area contributed by atoms with E-state index in [1.807, 2.05) is 12.1 Å². The molecule has 1 heterocycles. The van der Waals surface area contributed by atoms with Crippen molar-refractivity contribution in [3.8, 4) is 11.5 Å². The van der Waals surface area contributed by atoms with Gasteiger partial charge in [-0.15, -0.1) is 5.10 Å². The molecule has 12 heteroatoms. The van der Waals surface area contributed by atoms with E-state index < -0.39 is 24.6 Å². The highest BCUT2D eigenvalue weighted by atomic mass is 35.7. The Labute approximate surface area is 204 Å². The molecule has 0 saturated heterocycles. The molecule has 1 aromatic heterocycles. The van der Waals surface area contributed by atoms with Gasteiger partial charge < -0.3 is 13.8 Å². The van der Waals surface area contributed by atoms with Crippen LogP contribution in [0.15, 0.2) is 85.1 Å². The summed E-state index contributed by atoms with van der Waals surface area (Å²) >= 11 is 5.72. The molecule has 0 N–H and O–H groups in total.